The van der Waals surface area contributed by atoms with Gasteiger partial charge in [0, 0.05) is 12.6 Å². The highest BCUT2D eigenvalue weighted by Crippen LogP contribution is 2.26. The van der Waals surface area contributed by atoms with E-state index >= 15 is 0 Å². The topological polar surface area (TPSA) is 55.1 Å². The van der Waals surface area contributed by atoms with Crippen LogP contribution < -0.4 is 11.1 Å². The molecule has 1 atom stereocenters. The molecule has 0 aromatic heterocycles. The highest BCUT2D eigenvalue weighted by atomic mass is 19.3. The molecular formula is C10H18F2N2O. The lowest BCUT2D eigenvalue weighted by atomic mass is 9.84. The summed E-state index contributed by atoms with van der Waals surface area (Å²) in [5.41, 5.74) is 5.49. The highest BCUT2D eigenvalue weighted by Gasteiger charge is 2.26. The number of hydrogen-bond acceptors (Lipinski definition) is 2. The van der Waals surface area contributed by atoms with Crippen molar-refractivity contribution >= 4 is 5.91 Å². The van der Waals surface area contributed by atoms with E-state index in [0.29, 0.717) is 0 Å². The molecule has 1 aliphatic rings. The Balaban J connectivity index is 2.43. The van der Waals surface area contributed by atoms with Crippen LogP contribution in [0.3, 0.4) is 0 Å². The second-order valence-corrected chi connectivity index (χ2v) is 4.05. The lowest BCUT2D eigenvalue weighted by Crippen LogP contribution is -2.47. The number of halogens is 2. The lowest BCUT2D eigenvalue weighted by molar-refractivity contribution is -0.132. The predicted octanol–water partition coefficient (Wildman–Crippen LogP) is 1.28. The van der Waals surface area contributed by atoms with Gasteiger partial charge in [-0.2, -0.15) is 8.78 Å². The molecule has 0 heterocycles. The fraction of sp³-hybridized carbons (Fsp3) is 0.900. The van der Waals surface area contributed by atoms with Crippen LogP contribution in [0.25, 0.3) is 0 Å². The summed E-state index contributed by atoms with van der Waals surface area (Å²) in [6.45, 7) is 0.239. The van der Waals surface area contributed by atoms with Gasteiger partial charge in [-0.15, -0.1) is 0 Å². The van der Waals surface area contributed by atoms with Crippen molar-refractivity contribution in [1.82, 2.24) is 5.32 Å². The summed E-state index contributed by atoms with van der Waals surface area (Å²) >= 11 is 0. The molecule has 1 aliphatic carbocycles. The molecule has 1 unspecified atom stereocenters. The molecule has 15 heavy (non-hydrogen) atoms. The Morgan fingerprint density at radius 1 is 1.33 bits per heavy atom. The first-order valence-corrected chi connectivity index (χ1v) is 5.43. The third-order valence-corrected chi connectivity index (χ3v) is 3.00. The maximum atomic E-state index is 12.0. The molecule has 0 aromatic rings. The zero-order valence-corrected chi connectivity index (χ0v) is 8.72. The number of amides is 1. The first kappa shape index (κ1) is 12.4. The van der Waals surface area contributed by atoms with Crippen molar-refractivity contribution in [2.45, 2.75) is 44.6 Å². The number of rotatable bonds is 4. The molecule has 0 saturated heterocycles. The van der Waals surface area contributed by atoms with Crippen LogP contribution in [0.4, 0.5) is 8.78 Å². The van der Waals surface area contributed by atoms with E-state index in [1.807, 2.05) is 0 Å². The quantitative estimate of drug-likeness (QED) is 0.749. The first-order valence-electron chi connectivity index (χ1n) is 5.43. The minimum Gasteiger partial charge on any atom is -0.347 e. The van der Waals surface area contributed by atoms with Crippen molar-refractivity contribution in [3.05, 3.63) is 0 Å². The maximum absolute atomic E-state index is 12.0. The Morgan fingerprint density at radius 3 is 2.40 bits per heavy atom. The van der Waals surface area contributed by atoms with Gasteiger partial charge in [0.15, 0.2) is 0 Å². The summed E-state index contributed by atoms with van der Waals surface area (Å²) in [6, 6.07) is -0.285. The molecule has 3 nitrogen and oxygen atoms in total. The molecule has 1 rings (SSSR count). The van der Waals surface area contributed by atoms with E-state index < -0.39 is 12.3 Å². The third-order valence-electron chi connectivity index (χ3n) is 3.00. The molecule has 1 amide bonds. The smallest absolute Gasteiger partial charge is 0.315 e. The fourth-order valence-electron chi connectivity index (χ4n) is 2.15. The number of carbonyl (C=O) groups excluding carboxylic acids is 1. The first-order chi connectivity index (χ1) is 7.15. The molecular weight excluding hydrogens is 202 g/mol. The number of nitrogens with one attached hydrogen (secondary N) is 1. The van der Waals surface area contributed by atoms with Crippen molar-refractivity contribution in [1.29, 1.82) is 0 Å². The Bertz CT molecular complexity index is 206. The van der Waals surface area contributed by atoms with E-state index in [1.54, 1.807) is 0 Å². The second kappa shape index (κ2) is 6.00. The normalized spacial score (nSPS) is 20.3. The van der Waals surface area contributed by atoms with Gasteiger partial charge in [-0.3, -0.25) is 4.79 Å². The molecule has 0 spiro atoms. The Hall–Kier alpha value is -0.710. The van der Waals surface area contributed by atoms with Crippen LogP contribution in [-0.2, 0) is 4.79 Å². The largest absolute Gasteiger partial charge is 0.347 e. The highest BCUT2D eigenvalue weighted by molar-refractivity contribution is 5.79. The molecule has 0 radical (unpaired) electrons. The number of alkyl halides is 2. The summed E-state index contributed by atoms with van der Waals surface area (Å²) in [5, 5.41) is 2.32. The summed E-state index contributed by atoms with van der Waals surface area (Å²) in [4.78, 5) is 10.8. The van der Waals surface area contributed by atoms with Crippen LogP contribution in [0.1, 0.15) is 32.1 Å². The van der Waals surface area contributed by atoms with Crippen LogP contribution in [0, 0.1) is 5.92 Å². The average molecular weight is 220 g/mol. The molecule has 1 fully saturated rings. The number of carbonyl (C=O) groups is 1. The molecule has 0 bridgehead atoms. The van der Waals surface area contributed by atoms with Crippen LogP contribution in [0.2, 0.25) is 0 Å². The zero-order chi connectivity index (χ0) is 11.3. The summed E-state index contributed by atoms with van der Waals surface area (Å²) in [6.07, 6.45) is 2.41. The summed E-state index contributed by atoms with van der Waals surface area (Å²) in [7, 11) is 0. The van der Waals surface area contributed by atoms with Gasteiger partial charge in [-0.1, -0.05) is 19.3 Å². The van der Waals surface area contributed by atoms with Gasteiger partial charge in [-0.25, -0.2) is 0 Å². The Kier molecular flexibility index (Phi) is 4.94. The SMILES string of the molecule is NCC(NC(=O)C(F)F)C1CCCCC1. The lowest BCUT2D eigenvalue weighted by Gasteiger charge is -2.29. The van der Waals surface area contributed by atoms with Gasteiger partial charge < -0.3 is 11.1 Å². The van der Waals surface area contributed by atoms with Gasteiger partial charge in [0.25, 0.3) is 5.91 Å². The van der Waals surface area contributed by atoms with Crippen molar-refractivity contribution in [2.75, 3.05) is 6.54 Å². The number of nitrogens with two attached hydrogens (primary N) is 1. The Labute approximate surface area is 88.4 Å². The monoisotopic (exact) mass is 220 g/mol. The van der Waals surface area contributed by atoms with Crippen molar-refractivity contribution in [3.63, 3.8) is 0 Å². The van der Waals surface area contributed by atoms with Crippen LogP contribution in [0.15, 0.2) is 0 Å². The fourth-order valence-corrected chi connectivity index (χ4v) is 2.15. The van der Waals surface area contributed by atoms with E-state index in [0.717, 1.165) is 25.7 Å². The minimum atomic E-state index is -2.94. The molecule has 3 N–H and O–H groups in total. The van der Waals surface area contributed by atoms with Crippen LogP contribution >= 0.6 is 0 Å². The molecule has 0 aliphatic heterocycles. The van der Waals surface area contributed by atoms with E-state index in [9.17, 15) is 13.6 Å². The Morgan fingerprint density at radius 2 is 1.93 bits per heavy atom. The van der Waals surface area contributed by atoms with E-state index in [2.05, 4.69) is 5.32 Å². The summed E-state index contributed by atoms with van der Waals surface area (Å²) in [5.74, 6) is -0.928. The van der Waals surface area contributed by atoms with E-state index in [-0.39, 0.29) is 18.5 Å². The van der Waals surface area contributed by atoms with E-state index in [4.69, 9.17) is 5.73 Å². The maximum Gasteiger partial charge on any atom is 0.315 e. The van der Waals surface area contributed by atoms with E-state index in [1.165, 1.54) is 6.42 Å². The number of hydrogen-bond donors (Lipinski definition) is 2. The molecule has 5 heteroatoms. The third kappa shape index (κ3) is 3.74. The van der Waals surface area contributed by atoms with Crippen molar-refractivity contribution in [2.24, 2.45) is 11.7 Å². The second-order valence-electron chi connectivity index (χ2n) is 4.05. The van der Waals surface area contributed by atoms with Crippen molar-refractivity contribution in [3.8, 4) is 0 Å². The van der Waals surface area contributed by atoms with Gasteiger partial charge >= 0.3 is 6.43 Å². The standard InChI is InChI=1S/C10H18F2N2O/c11-9(12)10(15)14-8(6-13)7-4-2-1-3-5-7/h7-9H,1-6,13H2,(H,14,15). The van der Waals surface area contributed by atoms with Gasteiger partial charge in [-0.05, 0) is 18.8 Å². The van der Waals surface area contributed by atoms with Crippen LogP contribution in [-0.4, -0.2) is 24.9 Å². The van der Waals surface area contributed by atoms with Gasteiger partial charge in [0.05, 0.1) is 0 Å². The summed E-state index contributed by atoms with van der Waals surface area (Å²) < 4.78 is 24.1. The molecule has 1 saturated carbocycles. The zero-order valence-electron chi connectivity index (χ0n) is 8.72. The molecule has 0 aromatic carbocycles. The van der Waals surface area contributed by atoms with Crippen LogP contribution in [0.5, 0.6) is 0 Å². The average Bonchev–Trinajstić information content (AvgIpc) is 2.26. The van der Waals surface area contributed by atoms with Crippen molar-refractivity contribution < 1.29 is 13.6 Å². The van der Waals surface area contributed by atoms with Gasteiger partial charge in [0.1, 0.15) is 0 Å². The predicted molar refractivity (Wildman–Crippen MR) is 53.6 cm³/mol. The van der Waals surface area contributed by atoms with Gasteiger partial charge in [0.2, 0.25) is 0 Å². The molecule has 88 valence electrons. The minimum absolute atomic E-state index is 0.239.